The van der Waals surface area contributed by atoms with Crippen molar-refractivity contribution in [3.05, 3.63) is 52.3 Å². The molecule has 4 rings (SSSR count). The van der Waals surface area contributed by atoms with Crippen LogP contribution in [0.1, 0.15) is 18.4 Å². The smallest absolute Gasteiger partial charge is 0.224 e. The standard InChI is InChI=1S/C21H20ClF3N2O4/c22-12-7-15(25)16(8-14(12)24)27-6-5-21(30,18(28)9-27)10-31-17-3-2-13(23)20-11(17)1-4-19(29)26-20/h2-3,7-8,18,28,30H,1,4-6,9-10H2,(H,26,29)/t18-,21+/m1/s1. The number of aliphatic hydroxyl groups is 2. The van der Waals surface area contributed by atoms with Gasteiger partial charge in [0.1, 0.15) is 41.5 Å². The highest BCUT2D eigenvalue weighted by atomic mass is 35.5. The van der Waals surface area contributed by atoms with Gasteiger partial charge in [0, 0.05) is 31.1 Å². The third kappa shape index (κ3) is 4.17. The predicted octanol–water partition coefficient (Wildman–Crippen LogP) is 3.02. The summed E-state index contributed by atoms with van der Waals surface area (Å²) in [7, 11) is 0. The molecule has 6 nitrogen and oxygen atoms in total. The molecule has 2 aliphatic heterocycles. The lowest BCUT2D eigenvalue weighted by molar-refractivity contribution is -0.116. The van der Waals surface area contributed by atoms with E-state index in [2.05, 4.69) is 5.32 Å². The largest absolute Gasteiger partial charge is 0.490 e. The first kappa shape index (κ1) is 21.7. The molecule has 1 amide bonds. The summed E-state index contributed by atoms with van der Waals surface area (Å²) in [5.41, 5.74) is -1.19. The van der Waals surface area contributed by atoms with Crippen molar-refractivity contribution in [1.29, 1.82) is 0 Å². The fraction of sp³-hybridized carbons (Fsp3) is 0.381. The molecule has 0 bridgehead atoms. The molecule has 0 unspecified atom stereocenters. The predicted molar refractivity (Wildman–Crippen MR) is 108 cm³/mol. The van der Waals surface area contributed by atoms with Crippen LogP contribution in [0.15, 0.2) is 24.3 Å². The summed E-state index contributed by atoms with van der Waals surface area (Å²) in [4.78, 5) is 13.0. The van der Waals surface area contributed by atoms with Gasteiger partial charge in [0.15, 0.2) is 0 Å². The van der Waals surface area contributed by atoms with Gasteiger partial charge in [0.25, 0.3) is 0 Å². The van der Waals surface area contributed by atoms with E-state index in [1.165, 1.54) is 11.0 Å². The number of carbonyl (C=O) groups is 1. The molecule has 0 aliphatic carbocycles. The van der Waals surface area contributed by atoms with E-state index < -0.39 is 29.2 Å². The molecule has 2 atom stereocenters. The Morgan fingerprint density at radius 3 is 2.71 bits per heavy atom. The number of hydrogen-bond acceptors (Lipinski definition) is 5. The normalized spacial score (nSPS) is 23.4. The molecule has 0 radical (unpaired) electrons. The highest BCUT2D eigenvalue weighted by Gasteiger charge is 2.42. The van der Waals surface area contributed by atoms with E-state index in [1.807, 2.05) is 0 Å². The van der Waals surface area contributed by atoms with E-state index in [9.17, 15) is 28.2 Å². The van der Waals surface area contributed by atoms with Crippen LogP contribution in [0.2, 0.25) is 5.02 Å². The third-order valence-electron chi connectivity index (χ3n) is 5.72. The fourth-order valence-electron chi connectivity index (χ4n) is 3.87. The van der Waals surface area contributed by atoms with Gasteiger partial charge in [-0.2, -0.15) is 0 Å². The van der Waals surface area contributed by atoms with E-state index in [4.69, 9.17) is 16.3 Å². The van der Waals surface area contributed by atoms with Gasteiger partial charge in [-0.15, -0.1) is 0 Å². The molecule has 1 fully saturated rings. The average molecular weight is 457 g/mol. The summed E-state index contributed by atoms with van der Waals surface area (Å²) in [6.45, 7) is -0.326. The second-order valence-electron chi connectivity index (χ2n) is 7.77. The van der Waals surface area contributed by atoms with Gasteiger partial charge in [0.05, 0.1) is 16.4 Å². The first-order valence-electron chi connectivity index (χ1n) is 9.72. The highest BCUT2D eigenvalue weighted by molar-refractivity contribution is 6.30. The van der Waals surface area contributed by atoms with Gasteiger partial charge >= 0.3 is 0 Å². The quantitative estimate of drug-likeness (QED) is 0.616. The Hall–Kier alpha value is -2.49. The number of fused-ring (bicyclic) bond motifs is 1. The van der Waals surface area contributed by atoms with Crippen LogP contribution in [0, 0.1) is 17.5 Å². The molecule has 0 spiro atoms. The Morgan fingerprint density at radius 1 is 1.19 bits per heavy atom. The maximum Gasteiger partial charge on any atom is 0.224 e. The van der Waals surface area contributed by atoms with Gasteiger partial charge < -0.3 is 25.2 Å². The van der Waals surface area contributed by atoms with Crippen LogP contribution < -0.4 is 15.0 Å². The molecular formula is C21H20ClF3N2O4. The number of rotatable bonds is 4. The zero-order valence-electron chi connectivity index (χ0n) is 16.3. The van der Waals surface area contributed by atoms with Gasteiger partial charge in [0.2, 0.25) is 5.91 Å². The molecule has 2 aromatic carbocycles. The maximum absolute atomic E-state index is 14.2. The van der Waals surface area contributed by atoms with E-state index >= 15 is 0 Å². The van der Waals surface area contributed by atoms with E-state index in [1.54, 1.807) is 0 Å². The molecule has 0 saturated carbocycles. The highest BCUT2D eigenvalue weighted by Crippen LogP contribution is 2.35. The van der Waals surface area contributed by atoms with Crippen molar-refractivity contribution in [2.75, 3.05) is 29.9 Å². The van der Waals surface area contributed by atoms with Gasteiger partial charge in [-0.3, -0.25) is 4.79 Å². The Morgan fingerprint density at radius 2 is 1.97 bits per heavy atom. The van der Waals surface area contributed by atoms with Gasteiger partial charge in [-0.1, -0.05) is 11.6 Å². The van der Waals surface area contributed by atoms with Crippen LogP contribution in [-0.4, -0.2) is 47.5 Å². The van der Waals surface area contributed by atoms with Crippen LogP contribution >= 0.6 is 11.6 Å². The molecule has 31 heavy (non-hydrogen) atoms. The topological polar surface area (TPSA) is 82.0 Å². The number of β-amino-alcohol motifs (C(OH)–C–C–N with tert-alkyl or cyclic N) is 1. The molecular weight excluding hydrogens is 437 g/mol. The fourth-order valence-corrected chi connectivity index (χ4v) is 4.02. The van der Waals surface area contributed by atoms with Crippen molar-refractivity contribution in [2.45, 2.75) is 31.0 Å². The molecule has 10 heteroatoms. The lowest BCUT2D eigenvalue weighted by Gasteiger charge is -2.42. The maximum atomic E-state index is 14.2. The summed E-state index contributed by atoms with van der Waals surface area (Å²) in [5.74, 6) is -2.11. The van der Waals surface area contributed by atoms with E-state index in [0.29, 0.717) is 11.3 Å². The summed E-state index contributed by atoms with van der Waals surface area (Å²) < 4.78 is 47.7. The second-order valence-corrected chi connectivity index (χ2v) is 8.18. The summed E-state index contributed by atoms with van der Waals surface area (Å²) in [5, 5.41) is 23.6. The van der Waals surface area contributed by atoms with Crippen LogP contribution in [0.4, 0.5) is 24.5 Å². The molecule has 2 aromatic rings. The molecule has 166 valence electrons. The zero-order chi connectivity index (χ0) is 22.3. The van der Waals surface area contributed by atoms with Gasteiger partial charge in [-0.25, -0.2) is 13.2 Å². The minimum absolute atomic E-state index is 0.0119. The minimum Gasteiger partial charge on any atom is -0.490 e. The average Bonchev–Trinajstić information content (AvgIpc) is 2.73. The van der Waals surface area contributed by atoms with E-state index in [0.717, 1.165) is 18.2 Å². The Kier molecular flexibility index (Phi) is 5.76. The third-order valence-corrected chi connectivity index (χ3v) is 6.01. The lowest BCUT2D eigenvalue weighted by Crippen LogP contribution is -2.58. The summed E-state index contributed by atoms with van der Waals surface area (Å²) in [6, 6.07) is 4.37. The number of nitrogens with one attached hydrogen (secondary N) is 1. The van der Waals surface area contributed by atoms with Crippen molar-refractivity contribution < 1.29 is 32.9 Å². The van der Waals surface area contributed by atoms with Crippen molar-refractivity contribution in [1.82, 2.24) is 0 Å². The number of hydrogen-bond donors (Lipinski definition) is 3. The molecule has 2 aliphatic rings. The number of halogens is 4. The number of piperidine rings is 1. The van der Waals surface area contributed by atoms with Crippen LogP contribution in [0.3, 0.4) is 0 Å². The molecule has 1 saturated heterocycles. The number of aliphatic hydroxyl groups excluding tert-OH is 1. The number of carbonyl (C=O) groups excluding carboxylic acids is 1. The van der Waals surface area contributed by atoms with Crippen molar-refractivity contribution in [3.63, 3.8) is 0 Å². The Labute approximate surface area is 181 Å². The SMILES string of the molecule is O=C1CCc2c(OC[C@@]3(O)CCN(c4cc(F)c(Cl)cc4F)C[C@H]3O)ccc(F)c2N1. The monoisotopic (exact) mass is 456 g/mol. The number of amides is 1. The first-order chi connectivity index (χ1) is 14.7. The summed E-state index contributed by atoms with van der Waals surface area (Å²) in [6.07, 6.45) is -0.851. The van der Waals surface area contributed by atoms with Crippen LogP contribution in [-0.2, 0) is 11.2 Å². The molecule has 2 heterocycles. The zero-order valence-corrected chi connectivity index (χ0v) is 17.1. The number of benzene rings is 2. The molecule has 0 aromatic heterocycles. The lowest BCUT2D eigenvalue weighted by atomic mass is 9.89. The van der Waals surface area contributed by atoms with Crippen molar-refractivity contribution >= 4 is 28.9 Å². The number of nitrogens with zero attached hydrogens (tertiary/aromatic N) is 1. The van der Waals surface area contributed by atoms with Crippen LogP contribution in [0.25, 0.3) is 0 Å². The Bertz CT molecular complexity index is 1040. The summed E-state index contributed by atoms with van der Waals surface area (Å²) >= 11 is 5.58. The van der Waals surface area contributed by atoms with Crippen molar-refractivity contribution in [2.24, 2.45) is 0 Å². The van der Waals surface area contributed by atoms with Crippen molar-refractivity contribution in [3.8, 4) is 5.75 Å². The second kappa shape index (κ2) is 8.22. The van der Waals surface area contributed by atoms with Crippen LogP contribution in [0.5, 0.6) is 5.75 Å². The first-order valence-corrected chi connectivity index (χ1v) is 10.1. The Balaban J connectivity index is 1.47. The molecule has 3 N–H and O–H groups in total. The number of anilines is 2. The van der Waals surface area contributed by atoms with E-state index in [-0.39, 0.29) is 61.3 Å². The minimum atomic E-state index is -1.66. The van der Waals surface area contributed by atoms with Gasteiger partial charge in [-0.05, 0) is 31.0 Å². The number of ether oxygens (including phenoxy) is 1.